The van der Waals surface area contributed by atoms with E-state index in [1.54, 1.807) is 24.3 Å². The molecule has 1 N–H and O–H groups in total. The number of halogens is 4. The van der Waals surface area contributed by atoms with Crippen LogP contribution in [-0.4, -0.2) is 12.0 Å². The Balaban J connectivity index is 2.08. The molecule has 2 aromatic rings. The molecule has 0 spiro atoms. The molecule has 0 fully saturated rings. The third-order valence-electron chi connectivity index (χ3n) is 2.99. The van der Waals surface area contributed by atoms with Gasteiger partial charge < -0.3 is 10.1 Å². The predicted molar refractivity (Wildman–Crippen MR) is 81.6 cm³/mol. The van der Waals surface area contributed by atoms with Crippen molar-refractivity contribution in [2.75, 3.05) is 5.32 Å². The summed E-state index contributed by atoms with van der Waals surface area (Å²) < 4.78 is 44.0. The molecule has 2 rings (SSSR count). The van der Waals surface area contributed by atoms with E-state index >= 15 is 0 Å². The van der Waals surface area contributed by atoms with Crippen molar-refractivity contribution in [3.8, 4) is 5.75 Å². The molecule has 0 heterocycles. The first-order chi connectivity index (χ1) is 10.8. The van der Waals surface area contributed by atoms with E-state index in [-0.39, 0.29) is 5.69 Å². The molecule has 1 atom stereocenters. The number of amides is 1. The number of benzene rings is 2. The normalized spacial score (nSPS) is 12.6. The zero-order valence-electron chi connectivity index (χ0n) is 12.0. The van der Waals surface area contributed by atoms with E-state index in [1.807, 2.05) is 0 Å². The molecule has 122 valence electrons. The predicted octanol–water partition coefficient (Wildman–Crippen LogP) is 4.76. The van der Waals surface area contributed by atoms with Crippen molar-refractivity contribution in [1.82, 2.24) is 0 Å². The minimum atomic E-state index is -4.55. The van der Waals surface area contributed by atoms with Gasteiger partial charge in [0, 0.05) is 5.02 Å². The van der Waals surface area contributed by atoms with Crippen LogP contribution in [0.4, 0.5) is 18.9 Å². The van der Waals surface area contributed by atoms with Gasteiger partial charge in [0.25, 0.3) is 5.91 Å². The lowest BCUT2D eigenvalue weighted by Crippen LogP contribution is -2.31. The average molecular weight is 344 g/mol. The highest BCUT2D eigenvalue weighted by Gasteiger charge is 2.33. The Labute approximate surface area is 136 Å². The molecular weight excluding hydrogens is 331 g/mol. The largest absolute Gasteiger partial charge is 0.481 e. The molecule has 0 unspecified atom stereocenters. The van der Waals surface area contributed by atoms with Gasteiger partial charge in [-0.1, -0.05) is 23.7 Å². The smallest absolute Gasteiger partial charge is 0.418 e. The minimum Gasteiger partial charge on any atom is -0.481 e. The highest BCUT2D eigenvalue weighted by Crippen LogP contribution is 2.34. The Morgan fingerprint density at radius 3 is 2.35 bits per heavy atom. The molecule has 1 amide bonds. The fraction of sp³-hybridized carbons (Fsp3) is 0.188. The molecule has 0 aromatic heterocycles. The van der Waals surface area contributed by atoms with E-state index in [0.717, 1.165) is 6.07 Å². The van der Waals surface area contributed by atoms with Crippen LogP contribution in [0.25, 0.3) is 0 Å². The average Bonchev–Trinajstić information content (AvgIpc) is 2.49. The Bertz CT molecular complexity index is 686. The third kappa shape index (κ3) is 4.63. The van der Waals surface area contributed by atoms with Crippen LogP contribution in [0.15, 0.2) is 48.5 Å². The number of hydrogen-bond donors (Lipinski definition) is 1. The molecule has 0 aliphatic heterocycles. The van der Waals surface area contributed by atoms with Crippen LogP contribution < -0.4 is 10.1 Å². The van der Waals surface area contributed by atoms with Gasteiger partial charge in [0.15, 0.2) is 6.10 Å². The summed E-state index contributed by atoms with van der Waals surface area (Å²) in [7, 11) is 0. The number of rotatable bonds is 4. The Kier molecular flexibility index (Phi) is 5.15. The summed E-state index contributed by atoms with van der Waals surface area (Å²) in [6, 6.07) is 11.1. The summed E-state index contributed by atoms with van der Waals surface area (Å²) in [5.74, 6) is -0.294. The first-order valence-corrected chi connectivity index (χ1v) is 7.04. The van der Waals surface area contributed by atoms with Crippen molar-refractivity contribution < 1.29 is 22.7 Å². The van der Waals surface area contributed by atoms with E-state index in [4.69, 9.17) is 16.3 Å². The number of ether oxygens (including phenoxy) is 1. The van der Waals surface area contributed by atoms with Gasteiger partial charge in [0.05, 0.1) is 11.3 Å². The second-order valence-corrected chi connectivity index (χ2v) is 5.18. The van der Waals surface area contributed by atoms with Crippen LogP contribution in [0.3, 0.4) is 0 Å². The van der Waals surface area contributed by atoms with Gasteiger partial charge in [-0.2, -0.15) is 13.2 Å². The third-order valence-corrected chi connectivity index (χ3v) is 3.24. The summed E-state index contributed by atoms with van der Waals surface area (Å²) in [5.41, 5.74) is -1.22. The monoisotopic (exact) mass is 343 g/mol. The summed E-state index contributed by atoms with van der Waals surface area (Å²) in [6.45, 7) is 1.44. The van der Waals surface area contributed by atoms with Crippen LogP contribution in [0.2, 0.25) is 5.02 Å². The second kappa shape index (κ2) is 6.91. The maximum absolute atomic E-state index is 12.9. The van der Waals surface area contributed by atoms with E-state index in [2.05, 4.69) is 5.32 Å². The number of carbonyl (C=O) groups is 1. The maximum atomic E-state index is 12.9. The minimum absolute atomic E-state index is 0.309. The molecule has 7 heteroatoms. The number of anilines is 1. The van der Waals surface area contributed by atoms with E-state index in [0.29, 0.717) is 10.8 Å². The fourth-order valence-corrected chi connectivity index (χ4v) is 1.97. The van der Waals surface area contributed by atoms with Crippen molar-refractivity contribution in [2.24, 2.45) is 0 Å². The van der Waals surface area contributed by atoms with Gasteiger partial charge >= 0.3 is 6.18 Å². The molecule has 0 bridgehead atoms. The second-order valence-electron chi connectivity index (χ2n) is 4.75. The Hall–Kier alpha value is -2.21. The first kappa shape index (κ1) is 17.1. The van der Waals surface area contributed by atoms with E-state index < -0.39 is 23.8 Å². The molecule has 0 saturated heterocycles. The van der Waals surface area contributed by atoms with Crippen molar-refractivity contribution >= 4 is 23.2 Å². The first-order valence-electron chi connectivity index (χ1n) is 6.66. The van der Waals surface area contributed by atoms with Crippen molar-refractivity contribution in [3.05, 3.63) is 59.1 Å². The Morgan fingerprint density at radius 1 is 1.13 bits per heavy atom. The topological polar surface area (TPSA) is 38.3 Å². The van der Waals surface area contributed by atoms with Crippen molar-refractivity contribution in [2.45, 2.75) is 19.2 Å². The SMILES string of the molecule is C[C@H](Oc1ccc(Cl)cc1)C(=O)Nc1ccccc1C(F)(F)F. The van der Waals surface area contributed by atoms with Gasteiger partial charge in [-0.05, 0) is 43.3 Å². The maximum Gasteiger partial charge on any atom is 0.418 e. The summed E-state index contributed by atoms with van der Waals surface area (Å²) in [5, 5.41) is 2.75. The molecule has 0 aliphatic rings. The fourth-order valence-electron chi connectivity index (χ4n) is 1.84. The molecule has 0 aliphatic carbocycles. The van der Waals surface area contributed by atoms with E-state index in [1.165, 1.54) is 25.1 Å². The van der Waals surface area contributed by atoms with Gasteiger partial charge in [0.2, 0.25) is 0 Å². The van der Waals surface area contributed by atoms with Crippen molar-refractivity contribution in [3.63, 3.8) is 0 Å². The number of carbonyl (C=O) groups excluding carboxylic acids is 1. The lowest BCUT2D eigenvalue weighted by molar-refractivity contribution is -0.137. The summed E-state index contributed by atoms with van der Waals surface area (Å²) in [4.78, 5) is 12.0. The van der Waals surface area contributed by atoms with Gasteiger partial charge in [-0.15, -0.1) is 0 Å². The van der Waals surface area contributed by atoms with Crippen LogP contribution >= 0.6 is 11.6 Å². The highest BCUT2D eigenvalue weighted by molar-refractivity contribution is 6.30. The lowest BCUT2D eigenvalue weighted by Gasteiger charge is -2.17. The van der Waals surface area contributed by atoms with Gasteiger partial charge in [0.1, 0.15) is 5.75 Å². The zero-order chi connectivity index (χ0) is 17.0. The molecular formula is C16H13ClF3NO2. The van der Waals surface area contributed by atoms with Crippen LogP contribution in [-0.2, 0) is 11.0 Å². The zero-order valence-corrected chi connectivity index (χ0v) is 12.8. The Morgan fingerprint density at radius 2 is 1.74 bits per heavy atom. The summed E-state index contributed by atoms with van der Waals surface area (Å²) >= 11 is 5.74. The quantitative estimate of drug-likeness (QED) is 0.868. The van der Waals surface area contributed by atoms with Crippen LogP contribution in [0.1, 0.15) is 12.5 Å². The molecule has 0 radical (unpaired) electrons. The van der Waals surface area contributed by atoms with E-state index in [9.17, 15) is 18.0 Å². The van der Waals surface area contributed by atoms with Crippen LogP contribution in [0, 0.1) is 0 Å². The highest BCUT2D eigenvalue weighted by atomic mass is 35.5. The molecule has 2 aromatic carbocycles. The number of para-hydroxylation sites is 1. The molecule has 23 heavy (non-hydrogen) atoms. The van der Waals surface area contributed by atoms with Crippen LogP contribution in [0.5, 0.6) is 5.75 Å². The van der Waals surface area contributed by atoms with Gasteiger partial charge in [-0.25, -0.2) is 0 Å². The molecule has 0 saturated carbocycles. The lowest BCUT2D eigenvalue weighted by atomic mass is 10.1. The van der Waals surface area contributed by atoms with Crippen molar-refractivity contribution in [1.29, 1.82) is 0 Å². The number of hydrogen-bond acceptors (Lipinski definition) is 2. The standard InChI is InChI=1S/C16H13ClF3NO2/c1-10(23-12-8-6-11(17)7-9-12)15(22)21-14-5-3-2-4-13(14)16(18,19)20/h2-10H,1H3,(H,21,22)/t10-/m0/s1. The summed E-state index contributed by atoms with van der Waals surface area (Å²) in [6.07, 6.45) is -5.53. The number of alkyl halides is 3. The number of nitrogens with one attached hydrogen (secondary N) is 1. The van der Waals surface area contributed by atoms with Gasteiger partial charge in [-0.3, -0.25) is 4.79 Å². The molecule has 3 nitrogen and oxygen atoms in total.